The summed E-state index contributed by atoms with van der Waals surface area (Å²) in [6.45, 7) is 6.08. The zero-order chi connectivity index (χ0) is 23.8. The van der Waals surface area contributed by atoms with Crippen molar-refractivity contribution in [2.75, 3.05) is 57.0 Å². The summed E-state index contributed by atoms with van der Waals surface area (Å²) in [5.41, 5.74) is 0.733. The third kappa shape index (κ3) is 4.33. The number of methoxy groups -OCH3 is 1. The van der Waals surface area contributed by atoms with E-state index in [4.69, 9.17) is 9.47 Å². The number of carbonyl (C=O) groups excluding carboxylic acids is 2. The maximum absolute atomic E-state index is 13.6. The van der Waals surface area contributed by atoms with Crippen LogP contribution in [0.2, 0.25) is 0 Å². The van der Waals surface area contributed by atoms with Gasteiger partial charge in [0.15, 0.2) is 0 Å². The first-order valence-corrected chi connectivity index (χ1v) is 12.9. The number of benzene rings is 1. The molecule has 1 aromatic carbocycles. The van der Waals surface area contributed by atoms with Gasteiger partial charge >= 0.3 is 5.97 Å². The van der Waals surface area contributed by atoms with Crippen LogP contribution in [0.1, 0.15) is 26.7 Å². The molecule has 2 fully saturated rings. The molecule has 0 atom stereocenters. The van der Waals surface area contributed by atoms with Gasteiger partial charge in [-0.1, -0.05) is 6.07 Å². The molecule has 0 unspecified atom stereocenters. The third-order valence-corrected chi connectivity index (χ3v) is 8.79. The summed E-state index contributed by atoms with van der Waals surface area (Å²) in [6, 6.07) is 7.83. The predicted molar refractivity (Wildman–Crippen MR) is 124 cm³/mol. The van der Waals surface area contributed by atoms with Gasteiger partial charge in [0, 0.05) is 69.4 Å². The van der Waals surface area contributed by atoms with Gasteiger partial charge < -0.3 is 19.3 Å². The topological polar surface area (TPSA) is 96.5 Å². The van der Waals surface area contributed by atoms with Crippen LogP contribution in [0.25, 0.3) is 0 Å². The van der Waals surface area contributed by atoms with E-state index in [0.29, 0.717) is 50.2 Å². The van der Waals surface area contributed by atoms with Crippen molar-refractivity contribution >= 4 is 27.6 Å². The average molecular weight is 478 g/mol. The molecule has 0 radical (unpaired) electrons. The quantitative estimate of drug-likeness (QED) is 0.592. The van der Waals surface area contributed by atoms with E-state index < -0.39 is 21.6 Å². The van der Waals surface area contributed by atoms with Crippen molar-refractivity contribution in [1.82, 2.24) is 9.21 Å². The minimum atomic E-state index is -3.32. The Morgan fingerprint density at radius 2 is 1.79 bits per heavy atom. The zero-order valence-corrected chi connectivity index (χ0v) is 20.2. The van der Waals surface area contributed by atoms with E-state index in [1.165, 1.54) is 4.31 Å². The summed E-state index contributed by atoms with van der Waals surface area (Å²) in [5, 5.41) is 0. The van der Waals surface area contributed by atoms with Crippen LogP contribution in [0.15, 0.2) is 35.4 Å². The third-order valence-electron chi connectivity index (χ3n) is 6.91. The molecule has 0 aliphatic carbocycles. The molecule has 0 N–H and O–H groups in total. The van der Waals surface area contributed by atoms with Crippen LogP contribution in [-0.2, 0) is 24.3 Å². The molecule has 3 heterocycles. The molecule has 0 aromatic heterocycles. The fourth-order valence-electron chi connectivity index (χ4n) is 4.90. The van der Waals surface area contributed by atoms with E-state index in [-0.39, 0.29) is 24.7 Å². The van der Waals surface area contributed by atoms with E-state index in [2.05, 4.69) is 4.90 Å². The first kappa shape index (κ1) is 23.6. The Labute approximate surface area is 195 Å². The first-order chi connectivity index (χ1) is 15.7. The summed E-state index contributed by atoms with van der Waals surface area (Å²) in [4.78, 5) is 30.0. The van der Waals surface area contributed by atoms with Gasteiger partial charge in [-0.25, -0.2) is 17.5 Å². The number of sulfonamides is 1. The summed E-state index contributed by atoms with van der Waals surface area (Å²) >= 11 is 0. The largest absolute Gasteiger partial charge is 0.497 e. The molecule has 3 aliphatic rings. The predicted octanol–water partition coefficient (Wildman–Crippen LogP) is 1.40. The number of rotatable bonds is 5. The van der Waals surface area contributed by atoms with Gasteiger partial charge in [0.25, 0.3) is 5.91 Å². The summed E-state index contributed by atoms with van der Waals surface area (Å²) in [5.74, 6) is 0.139. The van der Waals surface area contributed by atoms with Crippen LogP contribution in [0.4, 0.5) is 5.69 Å². The Balaban J connectivity index is 1.47. The van der Waals surface area contributed by atoms with Crippen molar-refractivity contribution in [2.24, 2.45) is 0 Å². The molecule has 33 heavy (non-hydrogen) atoms. The van der Waals surface area contributed by atoms with Crippen molar-refractivity contribution in [3.05, 3.63) is 35.4 Å². The van der Waals surface area contributed by atoms with Crippen LogP contribution in [0, 0.1) is 0 Å². The van der Waals surface area contributed by atoms with E-state index in [0.717, 1.165) is 11.4 Å². The van der Waals surface area contributed by atoms with Gasteiger partial charge in [0.05, 0.1) is 18.4 Å². The Hall–Kier alpha value is -2.59. The van der Waals surface area contributed by atoms with Gasteiger partial charge in [0.1, 0.15) is 11.4 Å². The maximum Gasteiger partial charge on any atom is 0.335 e. The number of ether oxygens (including phenoxy) is 2. The Morgan fingerprint density at radius 3 is 2.39 bits per heavy atom. The highest BCUT2D eigenvalue weighted by Gasteiger charge is 2.52. The van der Waals surface area contributed by atoms with E-state index in [1.54, 1.807) is 25.9 Å². The number of amides is 1. The Kier molecular flexibility index (Phi) is 6.41. The average Bonchev–Trinajstić information content (AvgIpc) is 3.07. The fraction of sp³-hybridized carbons (Fsp3) is 0.565. The lowest BCUT2D eigenvalue weighted by Crippen LogP contribution is -2.54. The normalized spacial score (nSPS) is 21.5. The number of piperazine rings is 1. The lowest BCUT2D eigenvalue weighted by atomic mass is 9.83. The minimum absolute atomic E-state index is 0.0258. The van der Waals surface area contributed by atoms with E-state index in [1.807, 2.05) is 24.3 Å². The highest BCUT2D eigenvalue weighted by molar-refractivity contribution is 7.89. The van der Waals surface area contributed by atoms with Crippen LogP contribution < -0.4 is 9.64 Å². The number of hydrogen-bond acceptors (Lipinski definition) is 7. The van der Waals surface area contributed by atoms with E-state index >= 15 is 0 Å². The first-order valence-electron chi connectivity index (χ1n) is 11.3. The maximum atomic E-state index is 13.6. The summed E-state index contributed by atoms with van der Waals surface area (Å²) in [7, 11) is -1.69. The lowest BCUT2D eigenvalue weighted by Gasteiger charge is -2.41. The molecule has 1 amide bonds. The molecule has 0 saturated carbocycles. The molecule has 2 saturated heterocycles. The van der Waals surface area contributed by atoms with Crippen molar-refractivity contribution in [3.63, 3.8) is 0 Å². The van der Waals surface area contributed by atoms with E-state index in [9.17, 15) is 18.0 Å². The zero-order valence-electron chi connectivity index (χ0n) is 19.4. The fourth-order valence-corrected chi connectivity index (χ4v) is 6.00. The van der Waals surface area contributed by atoms with Crippen LogP contribution >= 0.6 is 0 Å². The molecule has 1 aromatic rings. The highest BCUT2D eigenvalue weighted by Crippen LogP contribution is 2.42. The highest BCUT2D eigenvalue weighted by atomic mass is 32.2. The molecule has 0 bridgehead atoms. The van der Waals surface area contributed by atoms with Gasteiger partial charge in [-0.3, -0.25) is 4.79 Å². The SMILES string of the molecule is CCS(=O)(=O)N1CCC2(CC1)OC(=O)C(C)=C2C(=O)N1CCN(c2cccc(OC)c2)CC1. The smallest absolute Gasteiger partial charge is 0.335 e. The van der Waals surface area contributed by atoms with Crippen LogP contribution in [0.5, 0.6) is 5.75 Å². The number of anilines is 1. The summed E-state index contributed by atoms with van der Waals surface area (Å²) < 4.78 is 37.0. The second kappa shape index (κ2) is 8.98. The number of hydrogen-bond donors (Lipinski definition) is 0. The molecule has 3 aliphatic heterocycles. The standard InChI is InChI=1S/C23H31N3O6S/c1-4-33(29,30)26-10-8-23(9-11-26)20(17(2)22(28)32-23)21(27)25-14-12-24(13-15-25)18-6-5-7-19(16-18)31-3/h5-7,16H,4,8-15H2,1-3H3. The minimum Gasteiger partial charge on any atom is -0.497 e. The second-order valence-electron chi connectivity index (χ2n) is 8.66. The van der Waals surface area contributed by atoms with Gasteiger partial charge in [-0.05, 0) is 26.0 Å². The van der Waals surface area contributed by atoms with Gasteiger partial charge in [0.2, 0.25) is 10.0 Å². The monoisotopic (exact) mass is 477 g/mol. The number of nitrogens with zero attached hydrogens (tertiary/aromatic N) is 3. The molecule has 10 heteroatoms. The molecular weight excluding hydrogens is 446 g/mol. The van der Waals surface area contributed by atoms with Crippen molar-refractivity contribution in [1.29, 1.82) is 0 Å². The Morgan fingerprint density at radius 1 is 1.12 bits per heavy atom. The molecule has 4 rings (SSSR count). The second-order valence-corrected chi connectivity index (χ2v) is 10.9. The van der Waals surface area contributed by atoms with Gasteiger partial charge in [-0.15, -0.1) is 0 Å². The van der Waals surface area contributed by atoms with Crippen LogP contribution in [0.3, 0.4) is 0 Å². The molecule has 180 valence electrons. The van der Waals surface area contributed by atoms with Crippen molar-refractivity contribution in [2.45, 2.75) is 32.3 Å². The summed E-state index contributed by atoms with van der Waals surface area (Å²) in [6.07, 6.45) is 0.584. The van der Waals surface area contributed by atoms with Gasteiger partial charge in [-0.2, -0.15) is 0 Å². The number of carbonyl (C=O) groups is 2. The van der Waals surface area contributed by atoms with Crippen LogP contribution in [-0.4, -0.2) is 87.2 Å². The Bertz CT molecular complexity index is 1070. The van der Waals surface area contributed by atoms with Crippen molar-refractivity contribution < 1.29 is 27.5 Å². The number of piperidine rings is 1. The molecule has 1 spiro atoms. The van der Waals surface area contributed by atoms with Crippen molar-refractivity contribution in [3.8, 4) is 5.75 Å². The number of esters is 1. The molecular formula is C23H31N3O6S. The lowest BCUT2D eigenvalue weighted by molar-refractivity contribution is -0.150. The molecule has 9 nitrogen and oxygen atoms in total.